The van der Waals surface area contributed by atoms with Crippen LogP contribution in [0.25, 0.3) is 0 Å². The van der Waals surface area contributed by atoms with Crippen molar-refractivity contribution in [3.05, 3.63) is 53.1 Å². The summed E-state index contributed by atoms with van der Waals surface area (Å²) in [6.07, 6.45) is 0. The molecular formula is C21H24N2O5. The predicted molar refractivity (Wildman–Crippen MR) is 106 cm³/mol. The van der Waals surface area contributed by atoms with Crippen molar-refractivity contribution >= 4 is 29.2 Å². The summed E-state index contributed by atoms with van der Waals surface area (Å²) in [5, 5.41) is 5.22. The van der Waals surface area contributed by atoms with Gasteiger partial charge in [0.15, 0.2) is 13.2 Å². The van der Waals surface area contributed by atoms with Crippen LogP contribution >= 0.6 is 0 Å². The lowest BCUT2D eigenvalue weighted by Crippen LogP contribution is -2.24. The number of ether oxygens (including phenoxy) is 2. The van der Waals surface area contributed by atoms with Gasteiger partial charge in [-0.15, -0.1) is 0 Å². The number of carbonyl (C=O) groups excluding carboxylic acids is 3. The van der Waals surface area contributed by atoms with Gasteiger partial charge in [0.05, 0.1) is 0 Å². The van der Waals surface area contributed by atoms with E-state index in [1.54, 1.807) is 24.3 Å². The number of hydrogen-bond acceptors (Lipinski definition) is 5. The highest BCUT2D eigenvalue weighted by atomic mass is 16.6. The van der Waals surface area contributed by atoms with E-state index < -0.39 is 18.5 Å². The van der Waals surface area contributed by atoms with Crippen molar-refractivity contribution in [3.8, 4) is 5.75 Å². The molecule has 0 saturated carbocycles. The van der Waals surface area contributed by atoms with Crippen LogP contribution in [-0.2, 0) is 19.1 Å². The lowest BCUT2D eigenvalue weighted by atomic mass is 10.1. The smallest absolute Gasteiger partial charge is 0.344 e. The Balaban J connectivity index is 1.81. The van der Waals surface area contributed by atoms with E-state index in [1.165, 1.54) is 6.92 Å². The fraction of sp³-hybridized carbons (Fsp3) is 0.286. The third kappa shape index (κ3) is 6.42. The number of amides is 2. The Labute approximate surface area is 164 Å². The molecule has 0 aliphatic carbocycles. The van der Waals surface area contributed by atoms with Crippen molar-refractivity contribution in [2.75, 3.05) is 23.8 Å². The Kier molecular flexibility index (Phi) is 7.14. The second-order valence-corrected chi connectivity index (χ2v) is 6.49. The molecule has 7 heteroatoms. The van der Waals surface area contributed by atoms with Gasteiger partial charge in [-0.1, -0.05) is 23.8 Å². The molecule has 0 aliphatic heterocycles. The molecule has 0 fully saturated rings. The molecule has 0 unspecified atom stereocenters. The molecule has 0 spiro atoms. The van der Waals surface area contributed by atoms with Crippen LogP contribution in [0.5, 0.6) is 5.75 Å². The quantitative estimate of drug-likeness (QED) is 0.716. The highest BCUT2D eigenvalue weighted by molar-refractivity contribution is 5.94. The van der Waals surface area contributed by atoms with Crippen molar-refractivity contribution in [2.45, 2.75) is 27.7 Å². The van der Waals surface area contributed by atoms with Crippen LogP contribution in [-0.4, -0.2) is 31.0 Å². The minimum absolute atomic E-state index is 0.212. The molecule has 0 bridgehead atoms. The van der Waals surface area contributed by atoms with Crippen LogP contribution < -0.4 is 15.4 Å². The van der Waals surface area contributed by atoms with Gasteiger partial charge >= 0.3 is 5.97 Å². The minimum Gasteiger partial charge on any atom is -0.481 e. The van der Waals surface area contributed by atoms with Crippen LogP contribution in [0.1, 0.15) is 23.6 Å². The molecule has 2 rings (SSSR count). The first-order chi connectivity index (χ1) is 13.2. The zero-order chi connectivity index (χ0) is 20.7. The molecule has 148 valence electrons. The second-order valence-electron chi connectivity index (χ2n) is 6.49. The van der Waals surface area contributed by atoms with E-state index in [2.05, 4.69) is 10.6 Å². The highest BCUT2D eigenvalue weighted by Crippen LogP contribution is 2.24. The minimum atomic E-state index is -0.637. The van der Waals surface area contributed by atoms with Gasteiger partial charge < -0.3 is 20.1 Å². The lowest BCUT2D eigenvalue weighted by Gasteiger charge is -2.13. The normalized spacial score (nSPS) is 10.1. The van der Waals surface area contributed by atoms with Gasteiger partial charge in [0.2, 0.25) is 5.91 Å². The maximum absolute atomic E-state index is 12.0. The fourth-order valence-corrected chi connectivity index (χ4v) is 2.79. The molecule has 2 aromatic rings. The molecule has 0 saturated heterocycles. The largest absolute Gasteiger partial charge is 0.481 e. The number of rotatable bonds is 7. The van der Waals surface area contributed by atoms with Gasteiger partial charge in [-0.3, -0.25) is 9.59 Å². The van der Waals surface area contributed by atoms with Crippen LogP contribution in [0.4, 0.5) is 11.4 Å². The lowest BCUT2D eigenvalue weighted by molar-refractivity contribution is -0.149. The first-order valence-corrected chi connectivity index (χ1v) is 8.78. The summed E-state index contributed by atoms with van der Waals surface area (Å²) in [6, 6.07) is 10.6. The maximum atomic E-state index is 12.0. The van der Waals surface area contributed by atoms with Crippen LogP contribution in [0.2, 0.25) is 0 Å². The Morgan fingerprint density at radius 2 is 1.50 bits per heavy atom. The molecule has 0 atom stereocenters. The zero-order valence-electron chi connectivity index (χ0n) is 16.4. The molecule has 0 aromatic heterocycles. The molecule has 2 N–H and O–H groups in total. The van der Waals surface area contributed by atoms with E-state index in [0.717, 1.165) is 16.7 Å². The molecule has 0 aliphatic rings. The number of carbonyl (C=O) groups is 3. The highest BCUT2D eigenvalue weighted by Gasteiger charge is 2.11. The fourth-order valence-electron chi connectivity index (χ4n) is 2.79. The predicted octanol–water partition coefficient (Wildman–Crippen LogP) is 3.13. The standard InChI is InChI=1S/C21H24N2O5/c1-13-8-14(2)21(15(3)9-13)28-12-20(26)27-11-19(25)23-18-7-5-6-17(10-18)22-16(4)24/h5-10H,11-12H2,1-4H3,(H,22,24)(H,23,25). The van der Waals surface area contributed by atoms with Crippen molar-refractivity contribution in [1.29, 1.82) is 0 Å². The van der Waals surface area contributed by atoms with E-state index in [9.17, 15) is 14.4 Å². The molecule has 0 radical (unpaired) electrons. The Morgan fingerprint density at radius 1 is 0.893 bits per heavy atom. The van der Waals surface area contributed by atoms with Gasteiger partial charge in [-0.25, -0.2) is 4.79 Å². The van der Waals surface area contributed by atoms with Gasteiger partial charge in [0.1, 0.15) is 5.75 Å². The van der Waals surface area contributed by atoms with Crippen molar-refractivity contribution in [1.82, 2.24) is 0 Å². The molecule has 2 aromatic carbocycles. The Morgan fingerprint density at radius 3 is 2.11 bits per heavy atom. The first kappa shape index (κ1) is 21.0. The SMILES string of the molecule is CC(=O)Nc1cccc(NC(=O)COC(=O)COc2c(C)cc(C)cc2C)c1. The van der Waals surface area contributed by atoms with E-state index >= 15 is 0 Å². The van der Waals surface area contributed by atoms with Crippen molar-refractivity contribution < 1.29 is 23.9 Å². The molecule has 0 heterocycles. The number of benzene rings is 2. The summed E-state index contributed by atoms with van der Waals surface area (Å²) in [7, 11) is 0. The topological polar surface area (TPSA) is 93.7 Å². The monoisotopic (exact) mass is 384 g/mol. The molecule has 2 amide bonds. The number of hydrogen-bond donors (Lipinski definition) is 2. The number of anilines is 2. The summed E-state index contributed by atoms with van der Waals surface area (Å²) in [5.41, 5.74) is 4.02. The van der Waals surface area contributed by atoms with Gasteiger partial charge in [-0.05, 0) is 50.1 Å². The van der Waals surface area contributed by atoms with Gasteiger partial charge in [0, 0.05) is 18.3 Å². The van der Waals surface area contributed by atoms with Crippen LogP contribution in [0.15, 0.2) is 36.4 Å². The maximum Gasteiger partial charge on any atom is 0.344 e. The van der Waals surface area contributed by atoms with Crippen LogP contribution in [0, 0.1) is 20.8 Å². The summed E-state index contributed by atoms with van der Waals surface area (Å²) >= 11 is 0. The summed E-state index contributed by atoms with van der Waals surface area (Å²) in [5.74, 6) is -0.698. The Bertz CT molecular complexity index is 869. The van der Waals surface area contributed by atoms with Crippen molar-refractivity contribution in [2.24, 2.45) is 0 Å². The zero-order valence-corrected chi connectivity index (χ0v) is 16.4. The average molecular weight is 384 g/mol. The number of nitrogens with one attached hydrogen (secondary N) is 2. The van der Waals surface area contributed by atoms with Crippen molar-refractivity contribution in [3.63, 3.8) is 0 Å². The van der Waals surface area contributed by atoms with Gasteiger partial charge in [-0.2, -0.15) is 0 Å². The summed E-state index contributed by atoms with van der Waals surface area (Å²) < 4.78 is 10.5. The second kappa shape index (κ2) is 9.55. The van der Waals surface area contributed by atoms with Gasteiger partial charge in [0.25, 0.3) is 5.91 Å². The molecule has 7 nitrogen and oxygen atoms in total. The average Bonchev–Trinajstić information content (AvgIpc) is 2.58. The third-order valence-electron chi connectivity index (χ3n) is 3.77. The first-order valence-electron chi connectivity index (χ1n) is 8.78. The summed E-state index contributed by atoms with van der Waals surface area (Å²) in [6.45, 7) is 6.48. The molecule has 28 heavy (non-hydrogen) atoms. The summed E-state index contributed by atoms with van der Waals surface area (Å²) in [4.78, 5) is 34.9. The third-order valence-corrected chi connectivity index (χ3v) is 3.77. The number of aryl methyl sites for hydroxylation is 3. The van der Waals surface area contributed by atoms with E-state index in [4.69, 9.17) is 9.47 Å². The van der Waals surface area contributed by atoms with E-state index in [0.29, 0.717) is 17.1 Å². The van der Waals surface area contributed by atoms with E-state index in [-0.39, 0.29) is 12.5 Å². The Hall–Kier alpha value is -3.35. The van der Waals surface area contributed by atoms with Crippen LogP contribution in [0.3, 0.4) is 0 Å². The molecular weight excluding hydrogens is 360 g/mol. The number of esters is 1. The van der Waals surface area contributed by atoms with E-state index in [1.807, 2.05) is 32.9 Å².